The van der Waals surface area contributed by atoms with Crippen LogP contribution in [0.2, 0.25) is 0 Å². The number of aliphatic hydroxyl groups excluding tert-OH is 3. The molecule has 1 fully saturated rings. The van der Waals surface area contributed by atoms with Gasteiger partial charge in [0.15, 0.2) is 6.10 Å². The summed E-state index contributed by atoms with van der Waals surface area (Å²) < 4.78 is 26.3. The molecule has 0 aliphatic heterocycles. The minimum atomic E-state index is -4.82. The number of carbonyl (C=O) groups excluding carboxylic acids is 2. The number of carbonyl (C=O) groups is 2. The molecule has 1 rings (SSSR count). The predicted octanol–water partition coefficient (Wildman–Crippen LogP) is 8.11. The zero-order valence-corrected chi connectivity index (χ0v) is 33.1. The number of esters is 2. The van der Waals surface area contributed by atoms with Gasteiger partial charge in [-0.1, -0.05) is 113 Å². The van der Waals surface area contributed by atoms with Crippen molar-refractivity contribution in [3.8, 4) is 0 Å². The minimum absolute atomic E-state index is 0.0835. The highest BCUT2D eigenvalue weighted by Crippen LogP contribution is 2.37. The monoisotopic (exact) mass is 768 g/mol. The van der Waals surface area contributed by atoms with Gasteiger partial charge >= 0.3 is 19.8 Å². The van der Waals surface area contributed by atoms with E-state index >= 15 is 0 Å². The fourth-order valence-electron chi connectivity index (χ4n) is 6.09. The van der Waals surface area contributed by atoms with Crippen molar-refractivity contribution in [2.24, 2.45) is 11.8 Å². The molecule has 0 spiro atoms. The van der Waals surface area contributed by atoms with Gasteiger partial charge in [-0.15, -0.1) is 0 Å². The third kappa shape index (κ3) is 27.0. The molecule has 0 aromatic rings. The molecule has 1 aliphatic carbocycles. The van der Waals surface area contributed by atoms with Gasteiger partial charge in [-0.2, -0.15) is 0 Å². The first-order valence-corrected chi connectivity index (χ1v) is 21.4. The topological polar surface area (TPSA) is 180 Å². The molecule has 53 heavy (non-hydrogen) atoms. The van der Waals surface area contributed by atoms with Crippen LogP contribution in [0, 0.1) is 11.8 Å². The molecule has 0 saturated heterocycles. The van der Waals surface area contributed by atoms with Crippen LogP contribution in [0.15, 0.2) is 60.8 Å². The number of hydrogen-bond donors (Lipinski definition) is 5. The van der Waals surface area contributed by atoms with Gasteiger partial charge in [0.05, 0.1) is 24.9 Å². The molecule has 304 valence electrons. The zero-order chi connectivity index (χ0) is 39.2. The van der Waals surface area contributed by atoms with E-state index in [4.69, 9.17) is 19.3 Å². The molecular weight excluding hydrogens is 699 g/mol. The Morgan fingerprint density at radius 3 is 2.11 bits per heavy atom. The van der Waals surface area contributed by atoms with Gasteiger partial charge in [-0.25, -0.2) is 4.57 Å². The molecule has 12 heteroatoms. The maximum absolute atomic E-state index is 12.4. The van der Waals surface area contributed by atoms with Crippen LogP contribution in [0.4, 0.5) is 0 Å². The van der Waals surface area contributed by atoms with E-state index < -0.39 is 50.8 Å². The lowest BCUT2D eigenvalue weighted by Gasteiger charge is -2.19. The van der Waals surface area contributed by atoms with Crippen molar-refractivity contribution in [1.29, 1.82) is 0 Å². The van der Waals surface area contributed by atoms with Gasteiger partial charge in [0.2, 0.25) is 0 Å². The zero-order valence-electron chi connectivity index (χ0n) is 32.2. The summed E-state index contributed by atoms with van der Waals surface area (Å²) in [5, 5.41) is 31.1. The van der Waals surface area contributed by atoms with Crippen molar-refractivity contribution in [3.63, 3.8) is 0 Å². The van der Waals surface area contributed by atoms with E-state index in [1.54, 1.807) is 6.08 Å². The number of unbranched alkanes of at least 4 members (excludes halogenated alkanes) is 8. The Bertz CT molecular complexity index is 1160. The number of phosphoric ester groups is 1. The van der Waals surface area contributed by atoms with E-state index in [9.17, 15) is 29.5 Å². The number of allylic oxidation sites excluding steroid dienone is 8. The first-order chi connectivity index (χ1) is 25.5. The summed E-state index contributed by atoms with van der Waals surface area (Å²) in [5.74, 6) is -1.51. The van der Waals surface area contributed by atoms with Crippen molar-refractivity contribution >= 4 is 19.8 Å². The molecule has 0 bridgehead atoms. The normalized spacial score (nSPS) is 20.8. The Hall–Kier alpha value is -2.37. The largest absolute Gasteiger partial charge is 0.469 e. The van der Waals surface area contributed by atoms with E-state index in [2.05, 4.69) is 54.8 Å². The van der Waals surface area contributed by atoms with Gasteiger partial charge in [-0.05, 0) is 70.1 Å². The van der Waals surface area contributed by atoms with Gasteiger partial charge in [-0.3, -0.25) is 14.1 Å². The molecule has 1 aliphatic rings. The van der Waals surface area contributed by atoms with Crippen LogP contribution in [-0.2, 0) is 28.2 Å². The predicted molar refractivity (Wildman–Crippen MR) is 209 cm³/mol. The summed E-state index contributed by atoms with van der Waals surface area (Å²) >= 11 is 0. The van der Waals surface area contributed by atoms with Gasteiger partial charge in [0.25, 0.3) is 0 Å². The number of hydrogen-bond acceptors (Lipinski definition) is 9. The highest BCUT2D eigenvalue weighted by Gasteiger charge is 2.39. The summed E-state index contributed by atoms with van der Waals surface area (Å²) in [6, 6.07) is 0. The molecule has 5 N–H and O–H groups in total. The number of aliphatic hydroxyl groups is 3. The Kier molecular flexibility index (Phi) is 28.4. The van der Waals surface area contributed by atoms with E-state index in [0.29, 0.717) is 32.1 Å². The van der Waals surface area contributed by atoms with Crippen LogP contribution in [0.25, 0.3) is 0 Å². The van der Waals surface area contributed by atoms with Crippen LogP contribution in [0.5, 0.6) is 0 Å². The molecule has 0 aromatic carbocycles. The molecule has 0 radical (unpaired) electrons. The smallest absolute Gasteiger partial charge is 0.462 e. The lowest BCUT2D eigenvalue weighted by molar-refractivity contribution is -0.161. The van der Waals surface area contributed by atoms with Crippen LogP contribution in [0.1, 0.15) is 136 Å². The summed E-state index contributed by atoms with van der Waals surface area (Å²) in [4.78, 5) is 43.0. The average molecular weight is 769 g/mol. The Morgan fingerprint density at radius 1 is 0.755 bits per heavy atom. The van der Waals surface area contributed by atoms with Crippen LogP contribution >= 0.6 is 7.82 Å². The molecular formula is C41H69O11P. The lowest BCUT2D eigenvalue weighted by atomic mass is 9.89. The van der Waals surface area contributed by atoms with E-state index in [1.165, 1.54) is 0 Å². The number of phosphoric acid groups is 1. The molecule has 0 heterocycles. The summed E-state index contributed by atoms with van der Waals surface area (Å²) in [6.45, 7) is 3.23. The highest BCUT2D eigenvalue weighted by molar-refractivity contribution is 7.46. The van der Waals surface area contributed by atoms with Crippen LogP contribution in [0.3, 0.4) is 0 Å². The van der Waals surface area contributed by atoms with E-state index in [1.807, 2.05) is 18.2 Å². The Balaban J connectivity index is 2.34. The van der Waals surface area contributed by atoms with E-state index in [-0.39, 0.29) is 37.7 Å². The van der Waals surface area contributed by atoms with Crippen molar-refractivity contribution in [2.75, 3.05) is 13.2 Å². The maximum Gasteiger partial charge on any atom is 0.469 e. The average Bonchev–Trinajstić information content (AvgIpc) is 3.38. The van der Waals surface area contributed by atoms with Gasteiger partial charge < -0.3 is 34.6 Å². The number of rotatable bonds is 31. The Labute approximate surface area is 318 Å². The van der Waals surface area contributed by atoms with Crippen LogP contribution < -0.4 is 0 Å². The number of ether oxygens (including phenoxy) is 2. The third-order valence-electron chi connectivity index (χ3n) is 9.09. The lowest BCUT2D eigenvalue weighted by Crippen LogP contribution is -2.29. The highest BCUT2D eigenvalue weighted by atomic mass is 31.2. The second-order valence-corrected chi connectivity index (χ2v) is 15.1. The summed E-state index contributed by atoms with van der Waals surface area (Å²) in [5.41, 5.74) is 0. The fraction of sp³-hybridized carbons (Fsp3) is 0.707. The van der Waals surface area contributed by atoms with Crippen LogP contribution in [-0.4, -0.2) is 74.7 Å². The molecule has 6 atom stereocenters. The van der Waals surface area contributed by atoms with Gasteiger partial charge in [0, 0.05) is 25.2 Å². The minimum Gasteiger partial charge on any atom is -0.462 e. The standard InChI is InChI=1S/C41H69O11P/c1-3-5-7-8-9-10-11-12-13-14-15-16-17-18-24-28-41(46)52-35(33-51-53(47,48)49)32-50-40(45)27-23-20-19-22-26-36-37(39(44)31-38(36)43)30-29-34(42)25-21-6-4-2/h5,7,9-10,12-13,19,22,29-30,34-39,42-44H,3-4,6,8,11,14-18,20-21,23-28,31-33H2,1-2H3,(H2,47,48,49)/b7-5-,10-9-,13-12-,22-19+,30-29+/t34-,35+,36+,37+,38-,39+/m0/s1. The second kappa shape index (κ2) is 30.9. The third-order valence-corrected chi connectivity index (χ3v) is 9.58. The first kappa shape index (κ1) is 48.6. The van der Waals surface area contributed by atoms with Crippen molar-refractivity contribution in [1.82, 2.24) is 0 Å². The maximum atomic E-state index is 12.4. The molecule has 11 nitrogen and oxygen atoms in total. The van der Waals surface area contributed by atoms with Gasteiger partial charge in [0.1, 0.15) is 6.61 Å². The SMILES string of the molecule is CC/C=C\C/C=C\C/C=C\CCCCCCCC(=O)O[C@H](COC(=O)CCC/C=C/C[C@@H]1[C@@H](/C=C/[C@@H](O)CCCCC)[C@H](O)C[C@@H]1O)COP(=O)(O)O. The van der Waals surface area contributed by atoms with Crippen molar-refractivity contribution in [3.05, 3.63) is 60.8 Å². The quantitative estimate of drug-likeness (QED) is 0.0199. The van der Waals surface area contributed by atoms with Crippen molar-refractivity contribution < 1.29 is 53.3 Å². The Morgan fingerprint density at radius 2 is 1.40 bits per heavy atom. The molecule has 0 unspecified atom stereocenters. The molecule has 0 aromatic heterocycles. The molecule has 1 saturated carbocycles. The van der Waals surface area contributed by atoms with E-state index in [0.717, 1.165) is 70.6 Å². The summed E-state index contributed by atoms with van der Waals surface area (Å²) in [7, 11) is -4.82. The fourth-order valence-corrected chi connectivity index (χ4v) is 6.45. The second-order valence-electron chi connectivity index (χ2n) is 13.8. The van der Waals surface area contributed by atoms with Crippen molar-refractivity contribution in [2.45, 2.75) is 160 Å². The first-order valence-electron chi connectivity index (χ1n) is 19.8. The summed E-state index contributed by atoms with van der Waals surface area (Å²) in [6.07, 6.45) is 31.8. The molecule has 0 amide bonds.